The van der Waals surface area contributed by atoms with Crippen molar-refractivity contribution >= 4 is 53.5 Å². The second kappa shape index (κ2) is 6.91. The van der Waals surface area contributed by atoms with E-state index in [2.05, 4.69) is 36.6 Å². The van der Waals surface area contributed by atoms with Crippen LogP contribution in [0.2, 0.25) is 0 Å². The average molecular weight is 429 g/mol. The first-order chi connectivity index (χ1) is 9.12. The largest absolute Gasteiger partial charge is 0.478 e. The molecule has 0 aromatic heterocycles. The Morgan fingerprint density at radius 2 is 1.95 bits per heavy atom. The van der Waals surface area contributed by atoms with Gasteiger partial charge >= 0.3 is 5.97 Å². The summed E-state index contributed by atoms with van der Waals surface area (Å²) in [6.07, 6.45) is 0.506. The number of carbonyl (C=O) groups is 1. The van der Waals surface area contributed by atoms with E-state index in [-0.39, 0.29) is 22.9 Å². The molecule has 0 fully saturated rings. The van der Waals surface area contributed by atoms with E-state index < -0.39 is 16.0 Å². The molecule has 0 bridgehead atoms. The van der Waals surface area contributed by atoms with E-state index in [1.165, 1.54) is 6.07 Å². The van der Waals surface area contributed by atoms with Crippen LogP contribution in [0.15, 0.2) is 21.1 Å². The van der Waals surface area contributed by atoms with Crippen molar-refractivity contribution in [1.82, 2.24) is 0 Å². The zero-order chi connectivity index (χ0) is 15.5. The molecular formula is C12H15Br2NO4S. The van der Waals surface area contributed by atoms with Crippen molar-refractivity contribution in [3.63, 3.8) is 0 Å². The van der Waals surface area contributed by atoms with Crippen LogP contribution in [0.4, 0.5) is 5.69 Å². The highest BCUT2D eigenvalue weighted by Gasteiger charge is 2.20. The molecule has 0 amide bonds. The summed E-state index contributed by atoms with van der Waals surface area (Å²) in [5.74, 6) is -1.00. The third-order valence-electron chi connectivity index (χ3n) is 2.51. The van der Waals surface area contributed by atoms with Gasteiger partial charge in [-0.25, -0.2) is 13.2 Å². The SMILES string of the molecule is CC(C)CCS(=O)(=O)Nc1c(Br)cc(Br)cc1C(=O)O. The first-order valence-electron chi connectivity index (χ1n) is 5.85. The molecule has 2 N–H and O–H groups in total. The Balaban J connectivity index is 3.11. The normalized spacial score (nSPS) is 11.7. The third-order valence-corrected chi connectivity index (χ3v) is 4.88. The predicted molar refractivity (Wildman–Crippen MR) is 85.7 cm³/mol. The van der Waals surface area contributed by atoms with E-state index in [0.717, 1.165) is 0 Å². The fraction of sp³-hybridized carbons (Fsp3) is 0.417. The van der Waals surface area contributed by atoms with Crippen LogP contribution in [0.25, 0.3) is 0 Å². The molecule has 0 aliphatic carbocycles. The summed E-state index contributed by atoms with van der Waals surface area (Å²) in [6, 6.07) is 2.94. The monoisotopic (exact) mass is 427 g/mol. The summed E-state index contributed by atoms with van der Waals surface area (Å²) >= 11 is 6.35. The molecule has 0 saturated heterocycles. The zero-order valence-corrected chi connectivity index (χ0v) is 15.0. The quantitative estimate of drug-likeness (QED) is 0.723. The Bertz CT molecular complexity index is 614. The van der Waals surface area contributed by atoms with Crippen molar-refractivity contribution in [3.8, 4) is 0 Å². The molecule has 0 spiro atoms. The lowest BCUT2D eigenvalue weighted by Gasteiger charge is -2.13. The summed E-state index contributed by atoms with van der Waals surface area (Å²) in [5, 5.41) is 9.15. The van der Waals surface area contributed by atoms with E-state index >= 15 is 0 Å². The highest BCUT2D eigenvalue weighted by Crippen LogP contribution is 2.31. The van der Waals surface area contributed by atoms with Crippen LogP contribution >= 0.6 is 31.9 Å². The van der Waals surface area contributed by atoms with Crippen LogP contribution in [0.5, 0.6) is 0 Å². The topological polar surface area (TPSA) is 83.5 Å². The molecule has 0 heterocycles. The van der Waals surface area contributed by atoms with Gasteiger partial charge in [0, 0.05) is 8.95 Å². The van der Waals surface area contributed by atoms with Gasteiger partial charge in [-0.05, 0) is 40.4 Å². The highest BCUT2D eigenvalue weighted by molar-refractivity contribution is 9.11. The summed E-state index contributed by atoms with van der Waals surface area (Å²) in [4.78, 5) is 11.2. The van der Waals surface area contributed by atoms with Gasteiger partial charge in [0.15, 0.2) is 0 Å². The lowest BCUT2D eigenvalue weighted by Crippen LogP contribution is -2.20. The lowest BCUT2D eigenvalue weighted by atomic mass is 10.2. The minimum Gasteiger partial charge on any atom is -0.478 e. The van der Waals surface area contributed by atoms with Crippen molar-refractivity contribution in [2.45, 2.75) is 20.3 Å². The molecule has 112 valence electrons. The molecule has 0 saturated carbocycles. The summed E-state index contributed by atoms with van der Waals surface area (Å²) < 4.78 is 27.2. The Morgan fingerprint density at radius 3 is 2.45 bits per heavy atom. The van der Waals surface area contributed by atoms with Crippen LogP contribution in [0, 0.1) is 5.92 Å². The second-order valence-electron chi connectivity index (χ2n) is 4.72. The molecule has 1 aromatic carbocycles. The Morgan fingerprint density at radius 1 is 1.35 bits per heavy atom. The Labute approximate surface area is 135 Å². The van der Waals surface area contributed by atoms with Gasteiger partial charge in [0.1, 0.15) is 0 Å². The minimum atomic E-state index is -3.58. The minimum absolute atomic E-state index is 0.0458. The van der Waals surface area contributed by atoms with Gasteiger partial charge < -0.3 is 5.11 Å². The standard InChI is InChI=1S/C12H15Br2NO4S/c1-7(2)3-4-20(18,19)15-11-9(12(16)17)5-8(13)6-10(11)14/h5-7,15H,3-4H2,1-2H3,(H,16,17). The lowest BCUT2D eigenvalue weighted by molar-refractivity contribution is 0.0698. The van der Waals surface area contributed by atoms with Gasteiger partial charge in [0.05, 0.1) is 17.0 Å². The van der Waals surface area contributed by atoms with Gasteiger partial charge in [-0.2, -0.15) is 0 Å². The maximum absolute atomic E-state index is 12.0. The number of hydrogen-bond donors (Lipinski definition) is 2. The highest BCUT2D eigenvalue weighted by atomic mass is 79.9. The number of carboxylic acid groups (broad SMARTS) is 1. The van der Waals surface area contributed by atoms with Gasteiger partial charge in [0.2, 0.25) is 10.0 Å². The second-order valence-corrected chi connectivity index (χ2v) is 8.33. The summed E-state index contributed by atoms with van der Waals surface area (Å²) in [5.41, 5.74) is -0.0659. The zero-order valence-electron chi connectivity index (χ0n) is 11.0. The average Bonchev–Trinajstić information content (AvgIpc) is 2.29. The molecule has 1 rings (SSSR count). The predicted octanol–water partition coefficient (Wildman–Crippen LogP) is 3.70. The van der Waals surface area contributed by atoms with Crippen LogP contribution in [0.1, 0.15) is 30.6 Å². The smallest absolute Gasteiger partial charge is 0.337 e. The van der Waals surface area contributed by atoms with Gasteiger partial charge in [-0.1, -0.05) is 29.8 Å². The van der Waals surface area contributed by atoms with E-state index in [1.54, 1.807) is 6.07 Å². The summed E-state index contributed by atoms with van der Waals surface area (Å²) in [7, 11) is -3.58. The van der Waals surface area contributed by atoms with Crippen molar-refractivity contribution in [3.05, 3.63) is 26.6 Å². The number of carboxylic acids is 1. The van der Waals surface area contributed by atoms with E-state index in [9.17, 15) is 13.2 Å². The number of rotatable bonds is 6. The third kappa shape index (κ3) is 5.06. The molecule has 0 atom stereocenters. The van der Waals surface area contributed by atoms with Crippen molar-refractivity contribution in [1.29, 1.82) is 0 Å². The number of nitrogens with one attached hydrogen (secondary N) is 1. The Kier molecular flexibility index (Phi) is 6.03. The van der Waals surface area contributed by atoms with Gasteiger partial charge in [-0.15, -0.1) is 0 Å². The molecule has 20 heavy (non-hydrogen) atoms. The first-order valence-corrected chi connectivity index (χ1v) is 9.09. The number of benzene rings is 1. The van der Waals surface area contributed by atoms with Crippen molar-refractivity contribution in [2.75, 3.05) is 10.5 Å². The number of sulfonamides is 1. The van der Waals surface area contributed by atoms with E-state index in [4.69, 9.17) is 5.11 Å². The summed E-state index contributed by atoms with van der Waals surface area (Å²) in [6.45, 7) is 3.85. The van der Waals surface area contributed by atoms with E-state index in [0.29, 0.717) is 15.4 Å². The van der Waals surface area contributed by atoms with E-state index in [1.807, 2.05) is 13.8 Å². The molecule has 5 nitrogen and oxygen atoms in total. The van der Waals surface area contributed by atoms with Crippen molar-refractivity contribution in [2.24, 2.45) is 5.92 Å². The van der Waals surface area contributed by atoms with Crippen LogP contribution < -0.4 is 4.72 Å². The number of halogens is 2. The molecule has 0 aliphatic rings. The van der Waals surface area contributed by atoms with Crippen molar-refractivity contribution < 1.29 is 18.3 Å². The number of anilines is 1. The molecule has 0 radical (unpaired) electrons. The fourth-order valence-corrected chi connectivity index (χ4v) is 4.31. The molecule has 8 heteroatoms. The maximum atomic E-state index is 12.0. The van der Waals surface area contributed by atoms with Gasteiger partial charge in [0.25, 0.3) is 0 Å². The maximum Gasteiger partial charge on any atom is 0.337 e. The molecule has 1 aromatic rings. The van der Waals surface area contributed by atoms with Gasteiger partial charge in [-0.3, -0.25) is 4.72 Å². The molecule has 0 aliphatic heterocycles. The van der Waals surface area contributed by atoms with Crippen LogP contribution in [0.3, 0.4) is 0 Å². The molecular weight excluding hydrogens is 414 g/mol. The number of aromatic carboxylic acids is 1. The fourth-order valence-electron chi connectivity index (χ4n) is 1.44. The van der Waals surface area contributed by atoms with Crippen LogP contribution in [-0.2, 0) is 10.0 Å². The Hall–Kier alpha value is -0.600. The first kappa shape index (κ1) is 17.5. The molecule has 0 unspecified atom stereocenters. The van der Waals surface area contributed by atoms with Crippen LogP contribution in [-0.4, -0.2) is 25.2 Å². The number of hydrogen-bond acceptors (Lipinski definition) is 3.